The van der Waals surface area contributed by atoms with Crippen LogP contribution in [0.15, 0.2) is 72.8 Å². The number of aromatic hydroxyl groups is 6. The van der Waals surface area contributed by atoms with Crippen LogP contribution in [-0.2, 0) is 0 Å². The Hall–Kier alpha value is -4.27. The van der Waals surface area contributed by atoms with Crippen LogP contribution in [0.5, 0.6) is 34.5 Å². The maximum absolute atomic E-state index is 11.0. The van der Waals surface area contributed by atoms with Gasteiger partial charge in [0.15, 0.2) is 0 Å². The van der Waals surface area contributed by atoms with Crippen LogP contribution >= 0.6 is 0 Å². The molecule has 6 aromatic carbocycles. The first-order chi connectivity index (χ1) is 70.5. The van der Waals surface area contributed by atoms with Crippen molar-refractivity contribution in [2.45, 2.75) is 528 Å². The average Bonchev–Trinajstić information content (AvgIpc) is 0.839. The molecule has 0 unspecified atom stereocenters. The Balaban J connectivity index is -0.000000380. The van der Waals surface area contributed by atoms with E-state index in [1.807, 2.05) is 203 Å². The van der Waals surface area contributed by atoms with Gasteiger partial charge in [0, 0.05) is 0 Å². The van der Waals surface area contributed by atoms with Gasteiger partial charge in [0.25, 0.3) is 0 Å². The van der Waals surface area contributed by atoms with E-state index in [1.165, 1.54) is 154 Å². The summed E-state index contributed by atoms with van der Waals surface area (Å²) in [6, 6.07) is 20.6. The molecule has 0 aromatic heterocycles. The number of hydrogen-bond donors (Lipinski definition) is 12. The average molecular weight is 2730 g/mol. The molecule has 24 heteroatoms. The topological polar surface area (TPSA) is 345 Å². The number of hydrogen-bond acceptors (Lipinski definition) is 12. The fourth-order valence-corrected chi connectivity index (χ4v) is 39.0. The van der Waals surface area contributed by atoms with Crippen molar-refractivity contribution in [3.63, 3.8) is 0 Å². The molecule has 0 spiro atoms. The Bertz CT molecular complexity index is 3750. The first-order valence-electron chi connectivity index (χ1n) is 57.4. The Kier molecular flexibility index (Phi) is 101. The Morgan fingerprint density at radius 3 is 0.313 bits per heavy atom. The molecule has 0 saturated heterocycles. The van der Waals surface area contributed by atoms with E-state index < -0.39 is 35.8 Å². The standard InChI is InChI=1S/6C13H18O3.12C4H9.6Sn/c6*1-7(2)9-5-10(8(3)4)12(14)11(6-9)13(15)16;12*1-3-4-2;;;;;;/h6*5-8,14H,1-4H3,(H,15,16);12*1,3-4H2,2H3;;;;;;. The van der Waals surface area contributed by atoms with Crippen LogP contribution in [0, 0.1) is 0 Å². The van der Waals surface area contributed by atoms with Crippen LogP contribution in [0.2, 0.25) is 53.2 Å². The molecule has 0 aliphatic heterocycles. The van der Waals surface area contributed by atoms with Gasteiger partial charge in [0.2, 0.25) is 0 Å². The van der Waals surface area contributed by atoms with Gasteiger partial charge in [-0.15, -0.1) is 0 Å². The molecule has 12 radical (unpaired) electrons. The number of rotatable bonds is 54. The van der Waals surface area contributed by atoms with E-state index in [-0.39, 0.29) is 266 Å². The number of carbonyl (C=O) groups is 6. The summed E-state index contributed by atoms with van der Waals surface area (Å²) in [5, 5.41) is 113. The summed E-state index contributed by atoms with van der Waals surface area (Å²) in [7, 11) is 0. The molecule has 6 aromatic rings. The molecule has 852 valence electrons. The maximum atomic E-state index is 11.0. The second kappa shape index (κ2) is 96.8. The second-order valence-electron chi connectivity index (χ2n) is 42.5. The summed E-state index contributed by atoms with van der Waals surface area (Å²) in [5.41, 5.74) is 9.82. The Morgan fingerprint density at radius 1 is 0.167 bits per heavy atom. The second-order valence-corrected chi connectivity index (χ2v) is 68.2. The van der Waals surface area contributed by atoms with E-state index in [0.29, 0.717) is 33.4 Å². The minimum absolute atomic E-state index is 0.00472. The first-order valence-corrected chi connectivity index (χ1v) is 81.6. The Morgan fingerprint density at radius 2 is 0.253 bits per heavy atom. The number of aromatic carboxylic acids is 6. The SMILES string of the molecule is CC(C)c1cc(C(=O)O)c(O)c(C(C)C)c1.CC(C)c1cc(C(=O)O)c(O)c(C(C)C)c1.CC(C)c1cc(C(=O)O)c(O)c(C(C)C)c1.CC(C)c1cc(C(=O)O)c(O)c(C(C)C)c1.CC(C)c1cc(C(=O)O)c(O)c(C(C)C)c1.CC(C)c1cc(C(=O)O)c(O)c(C(C)C)c1.CCC[CH2][Sn][CH2]CCC.CCC[CH2][Sn][CH2]CCC.CCC[CH2][Sn][CH2]CCC.CCC[CH2][Sn][CH2]CCC.CCC[CH2][Sn][CH2]CCC.CCC[CH2][Sn][CH2]CCC. The van der Waals surface area contributed by atoms with Crippen LogP contribution < -0.4 is 0 Å². The number of carboxylic acids is 6. The number of unbranched alkanes of at least 4 members (excludes halogenated alkanes) is 12. The Labute approximate surface area is 977 Å². The van der Waals surface area contributed by atoms with Gasteiger partial charge >= 0.3 is 453 Å². The van der Waals surface area contributed by atoms with E-state index in [0.717, 1.165) is 33.4 Å². The first kappa shape index (κ1) is 156. The van der Waals surface area contributed by atoms with E-state index in [2.05, 4.69) is 83.1 Å². The van der Waals surface area contributed by atoms with Gasteiger partial charge in [-0.1, -0.05) is 203 Å². The van der Waals surface area contributed by atoms with Gasteiger partial charge in [0.05, 0.1) is 0 Å². The van der Waals surface area contributed by atoms with Crippen molar-refractivity contribution < 1.29 is 90.0 Å². The van der Waals surface area contributed by atoms with Crippen molar-refractivity contribution in [2.24, 2.45) is 0 Å². The molecule has 0 fully saturated rings. The molecule has 0 amide bonds. The van der Waals surface area contributed by atoms with Gasteiger partial charge in [-0.2, -0.15) is 0 Å². The van der Waals surface area contributed by atoms with Gasteiger partial charge in [-0.05, 0) is 174 Å². The van der Waals surface area contributed by atoms with Crippen molar-refractivity contribution in [3.05, 3.63) is 173 Å². The van der Waals surface area contributed by atoms with Crippen molar-refractivity contribution in [2.75, 3.05) is 0 Å². The number of phenols is 6. The molecule has 0 aliphatic rings. The molecule has 6 rings (SSSR count). The molecular weight excluding hydrogens is 2510 g/mol. The van der Waals surface area contributed by atoms with Crippen LogP contribution in [0.3, 0.4) is 0 Å². The molecule has 0 heterocycles. The summed E-state index contributed by atoms with van der Waals surface area (Å²) in [5.74, 6) is -4.99. The van der Waals surface area contributed by atoms with Crippen LogP contribution in [0.25, 0.3) is 0 Å². The van der Waals surface area contributed by atoms with Gasteiger partial charge < -0.3 is 61.3 Å². The summed E-state index contributed by atoms with van der Waals surface area (Å²) in [4.78, 5) is 66.1. The van der Waals surface area contributed by atoms with Crippen molar-refractivity contribution >= 4 is 163 Å². The number of carboxylic acid groups (broad SMARTS) is 6. The summed E-state index contributed by atoms with van der Waals surface area (Å²) in [6.45, 7) is 74.7. The molecule has 0 bridgehead atoms. The van der Waals surface area contributed by atoms with Gasteiger partial charge in [-0.3, -0.25) is 0 Å². The van der Waals surface area contributed by atoms with E-state index in [1.54, 1.807) is 89.6 Å². The van der Waals surface area contributed by atoms with E-state index in [9.17, 15) is 59.4 Å². The molecular formula is C126H216O18Sn6. The molecule has 18 nitrogen and oxygen atoms in total. The zero-order valence-corrected chi connectivity index (χ0v) is 118. The summed E-state index contributed by atoms with van der Waals surface area (Å²) in [6.07, 6.45) is 35.0. The van der Waals surface area contributed by atoms with Crippen LogP contribution in [-0.4, -0.2) is 224 Å². The summed E-state index contributed by atoms with van der Waals surface area (Å²) < 4.78 is 19.5. The zero-order valence-electron chi connectivity index (χ0n) is 101. The third kappa shape index (κ3) is 73.4. The van der Waals surface area contributed by atoms with Crippen LogP contribution in [0.4, 0.5) is 0 Å². The third-order valence-electron chi connectivity index (χ3n) is 24.6. The fourth-order valence-electron chi connectivity index (χ4n) is 14.1. The molecule has 0 atom stereocenters. The molecule has 150 heavy (non-hydrogen) atoms. The van der Waals surface area contributed by atoms with E-state index in [4.69, 9.17) is 30.6 Å². The number of benzene rings is 6. The van der Waals surface area contributed by atoms with Crippen LogP contribution in [0.1, 0.15) is 603 Å². The quantitative estimate of drug-likeness (QED) is 0.0125. The predicted octanol–water partition coefficient (Wildman–Crippen LogP) is 38.8. The third-order valence-corrected chi connectivity index (χ3v) is 48.8. The van der Waals surface area contributed by atoms with Gasteiger partial charge in [-0.25, -0.2) is 28.8 Å². The van der Waals surface area contributed by atoms with Crippen molar-refractivity contribution in [3.8, 4) is 34.5 Å². The molecule has 0 saturated carbocycles. The van der Waals surface area contributed by atoms with Crippen molar-refractivity contribution in [1.82, 2.24) is 0 Å². The monoisotopic (exact) mass is 2740 g/mol. The van der Waals surface area contributed by atoms with Gasteiger partial charge in [0.1, 0.15) is 67.9 Å². The van der Waals surface area contributed by atoms with Crippen molar-refractivity contribution in [1.29, 1.82) is 0 Å². The normalized spacial score (nSPS) is 10.7. The molecule has 0 aliphatic carbocycles. The summed E-state index contributed by atoms with van der Waals surface area (Å²) >= 11 is 0.897. The fraction of sp³-hybridized carbons (Fsp3) is 0.667. The van der Waals surface area contributed by atoms with E-state index >= 15 is 0 Å². The molecule has 12 N–H and O–H groups in total. The predicted molar refractivity (Wildman–Crippen MR) is 651 cm³/mol. The minimum atomic E-state index is -1.08. The zero-order chi connectivity index (χ0) is 116.